The fourth-order valence-corrected chi connectivity index (χ4v) is 8.48. The van der Waals surface area contributed by atoms with Gasteiger partial charge >= 0.3 is 12.1 Å². The highest BCUT2D eigenvalue weighted by Crippen LogP contribution is 2.38. The minimum Gasteiger partial charge on any atom is -0.465 e. The second-order valence-electron chi connectivity index (χ2n) is 14.2. The Bertz CT molecular complexity index is 1930. The summed E-state index contributed by atoms with van der Waals surface area (Å²) < 4.78 is 40.4. The van der Waals surface area contributed by atoms with E-state index in [9.17, 15) is 18.0 Å². The average molecular weight is 750 g/mol. The molecule has 1 N–H and O–H groups in total. The van der Waals surface area contributed by atoms with Gasteiger partial charge < -0.3 is 19.7 Å². The van der Waals surface area contributed by atoms with Crippen molar-refractivity contribution in [1.29, 1.82) is 0 Å². The van der Waals surface area contributed by atoms with Crippen molar-refractivity contribution in [2.45, 2.75) is 101 Å². The maximum absolute atomic E-state index is 13.9. The second kappa shape index (κ2) is 17.6. The molecular weight excluding hydrogens is 699 g/mol. The largest absolute Gasteiger partial charge is 0.465 e. The molecule has 11 nitrogen and oxygen atoms in total. The van der Waals surface area contributed by atoms with Gasteiger partial charge in [-0.05, 0) is 64.2 Å². The lowest BCUT2D eigenvalue weighted by Crippen LogP contribution is -2.47. The average Bonchev–Trinajstić information content (AvgIpc) is 3.52. The third kappa shape index (κ3) is 10.1. The standard InChI is InChI=1S/C39H51N5O6S2/c1-6-8-15-28(7-2)27-49-35(45)21-23-51-34-24-40-37(41-29-16-14-22-43(25-29)38(46)50-39(3,4)5)42-36(34)32-26-44(33-20-13-12-19-31(32)33)52(47,48)30-17-10-9-11-18-30/h9-13,17-20,24,26,28-29H,6-8,14-16,21-23,25,27H2,1-5H3,(H,40,41,42)/t28?,29-/m0/s1. The highest BCUT2D eigenvalue weighted by Gasteiger charge is 2.29. The number of para-hydroxylation sites is 1. The van der Waals surface area contributed by atoms with E-state index in [-0.39, 0.29) is 29.4 Å². The van der Waals surface area contributed by atoms with Crippen LogP contribution in [0.3, 0.4) is 0 Å². The molecule has 52 heavy (non-hydrogen) atoms. The second-order valence-corrected chi connectivity index (χ2v) is 17.1. The number of piperidine rings is 1. The van der Waals surface area contributed by atoms with Crippen molar-refractivity contribution in [3.05, 3.63) is 67.0 Å². The summed E-state index contributed by atoms with van der Waals surface area (Å²) in [7, 11) is -3.94. The van der Waals surface area contributed by atoms with E-state index >= 15 is 0 Å². The number of ether oxygens (including phenoxy) is 2. The minimum atomic E-state index is -3.94. The Balaban J connectivity index is 1.43. The Morgan fingerprint density at radius 2 is 1.83 bits per heavy atom. The number of carbonyl (C=O) groups excluding carboxylic acids is 2. The van der Waals surface area contributed by atoms with E-state index in [1.165, 1.54) is 15.7 Å². The van der Waals surface area contributed by atoms with Crippen molar-refractivity contribution in [3.63, 3.8) is 0 Å². The Hall–Kier alpha value is -4.10. The first-order valence-electron chi connectivity index (χ1n) is 18.2. The molecule has 1 fully saturated rings. The summed E-state index contributed by atoms with van der Waals surface area (Å²) in [6.45, 7) is 11.3. The van der Waals surface area contributed by atoms with Crippen molar-refractivity contribution < 1.29 is 27.5 Å². The van der Waals surface area contributed by atoms with Gasteiger partial charge in [-0.15, -0.1) is 11.8 Å². The topological polar surface area (TPSA) is 133 Å². The molecule has 1 amide bonds. The van der Waals surface area contributed by atoms with Gasteiger partial charge in [0.1, 0.15) is 5.60 Å². The number of unbranched alkanes of at least 4 members (excludes halogenated alkanes) is 1. The monoisotopic (exact) mass is 749 g/mol. The molecule has 2 aromatic carbocycles. The van der Waals surface area contributed by atoms with Gasteiger partial charge in [0, 0.05) is 48.2 Å². The van der Waals surface area contributed by atoms with E-state index in [0.717, 1.165) is 38.5 Å². The zero-order valence-electron chi connectivity index (χ0n) is 30.8. The predicted molar refractivity (Wildman–Crippen MR) is 206 cm³/mol. The van der Waals surface area contributed by atoms with Crippen LogP contribution in [0.2, 0.25) is 0 Å². The maximum atomic E-state index is 13.9. The smallest absolute Gasteiger partial charge is 0.410 e. The van der Waals surface area contributed by atoms with Crippen molar-refractivity contribution in [2.24, 2.45) is 5.92 Å². The number of hydrogen-bond donors (Lipinski definition) is 1. The normalized spacial score (nSPS) is 15.7. The first-order valence-corrected chi connectivity index (χ1v) is 20.6. The summed E-state index contributed by atoms with van der Waals surface area (Å²) in [6.07, 6.45) is 9.02. The molecular formula is C39H51N5O6S2. The number of hydrogen-bond acceptors (Lipinski definition) is 10. The SMILES string of the molecule is CCCCC(CC)COC(=O)CCSc1cnc(N[C@H]2CCCN(C(=O)OC(C)(C)C)C2)nc1-c1cn(S(=O)(=O)c2ccccc2)c2ccccc12. The number of nitrogens with zero attached hydrogens (tertiary/aromatic N) is 4. The number of thioether (sulfide) groups is 1. The number of aromatic nitrogens is 3. The molecule has 0 bridgehead atoms. The lowest BCUT2D eigenvalue weighted by Gasteiger charge is -2.34. The fraction of sp³-hybridized carbons (Fsp3) is 0.487. The zero-order valence-corrected chi connectivity index (χ0v) is 32.5. The van der Waals surface area contributed by atoms with Crippen LogP contribution in [0, 0.1) is 5.92 Å². The third-order valence-electron chi connectivity index (χ3n) is 8.98. The van der Waals surface area contributed by atoms with Gasteiger partial charge in [-0.1, -0.05) is 69.5 Å². The molecule has 2 atom stereocenters. The number of rotatable bonds is 15. The number of anilines is 1. The quantitative estimate of drug-likeness (QED) is 0.0934. The van der Waals surface area contributed by atoms with E-state index < -0.39 is 15.6 Å². The highest BCUT2D eigenvalue weighted by molar-refractivity contribution is 7.99. The van der Waals surface area contributed by atoms with Crippen LogP contribution in [0.15, 0.2) is 76.8 Å². The van der Waals surface area contributed by atoms with Gasteiger partial charge in [0.15, 0.2) is 0 Å². The number of esters is 1. The molecule has 13 heteroatoms. The number of amides is 1. The van der Waals surface area contributed by atoms with E-state index in [1.807, 2.05) is 39.0 Å². The van der Waals surface area contributed by atoms with Crippen LogP contribution in [-0.2, 0) is 24.3 Å². The Kier molecular flexibility index (Phi) is 13.2. The molecule has 4 aromatic rings. The maximum Gasteiger partial charge on any atom is 0.410 e. The summed E-state index contributed by atoms with van der Waals surface area (Å²) in [5.41, 5.74) is 1.08. The first kappa shape index (κ1) is 39.1. The molecule has 0 radical (unpaired) electrons. The summed E-state index contributed by atoms with van der Waals surface area (Å²) in [4.78, 5) is 37.8. The van der Waals surface area contributed by atoms with Gasteiger partial charge in [-0.25, -0.2) is 27.2 Å². The molecule has 3 heterocycles. The molecule has 1 aliphatic rings. The van der Waals surface area contributed by atoms with Crippen LogP contribution in [0.5, 0.6) is 0 Å². The summed E-state index contributed by atoms with van der Waals surface area (Å²) in [6, 6.07) is 15.5. The summed E-state index contributed by atoms with van der Waals surface area (Å²) >= 11 is 1.43. The minimum absolute atomic E-state index is 0.119. The lowest BCUT2D eigenvalue weighted by molar-refractivity contribution is -0.144. The van der Waals surface area contributed by atoms with Crippen LogP contribution >= 0.6 is 11.8 Å². The van der Waals surface area contributed by atoms with E-state index in [4.69, 9.17) is 14.5 Å². The predicted octanol–water partition coefficient (Wildman–Crippen LogP) is 8.39. The molecule has 0 saturated carbocycles. The van der Waals surface area contributed by atoms with Crippen LogP contribution in [0.1, 0.15) is 79.6 Å². The molecule has 0 spiro atoms. The molecule has 5 rings (SSSR count). The van der Waals surface area contributed by atoms with Crippen molar-refractivity contribution in [2.75, 3.05) is 30.8 Å². The number of benzene rings is 2. The number of nitrogens with one attached hydrogen (secondary N) is 1. The van der Waals surface area contributed by atoms with E-state index in [1.54, 1.807) is 53.7 Å². The van der Waals surface area contributed by atoms with Gasteiger partial charge in [-0.3, -0.25) is 4.79 Å². The van der Waals surface area contributed by atoms with Crippen molar-refractivity contribution >= 4 is 50.7 Å². The Morgan fingerprint density at radius 1 is 1.08 bits per heavy atom. The first-order chi connectivity index (χ1) is 24.9. The molecule has 280 valence electrons. The summed E-state index contributed by atoms with van der Waals surface area (Å²) in [5, 5.41) is 4.13. The number of fused-ring (bicyclic) bond motifs is 1. The van der Waals surface area contributed by atoms with Crippen LogP contribution in [0.25, 0.3) is 22.2 Å². The van der Waals surface area contributed by atoms with E-state index in [2.05, 4.69) is 24.1 Å². The summed E-state index contributed by atoms with van der Waals surface area (Å²) in [5.74, 6) is 0.902. The van der Waals surface area contributed by atoms with Crippen LogP contribution in [-0.4, -0.2) is 76.4 Å². The molecule has 1 saturated heterocycles. The van der Waals surface area contributed by atoms with Crippen molar-refractivity contribution in [1.82, 2.24) is 18.8 Å². The molecule has 1 aliphatic heterocycles. The van der Waals surface area contributed by atoms with E-state index in [0.29, 0.717) is 64.4 Å². The highest BCUT2D eigenvalue weighted by atomic mass is 32.2. The van der Waals surface area contributed by atoms with Crippen LogP contribution in [0.4, 0.5) is 10.7 Å². The molecule has 0 aliphatic carbocycles. The molecule has 1 unspecified atom stereocenters. The van der Waals surface area contributed by atoms with Gasteiger partial charge in [0.25, 0.3) is 10.0 Å². The Labute approximate surface area is 311 Å². The Morgan fingerprint density at radius 3 is 2.56 bits per heavy atom. The molecule has 2 aromatic heterocycles. The van der Waals surface area contributed by atoms with Gasteiger partial charge in [0.2, 0.25) is 5.95 Å². The third-order valence-corrected chi connectivity index (χ3v) is 11.7. The van der Waals surface area contributed by atoms with Crippen LogP contribution < -0.4 is 5.32 Å². The fourth-order valence-electron chi connectivity index (χ4n) is 6.18. The van der Waals surface area contributed by atoms with Gasteiger partial charge in [0.05, 0.1) is 34.0 Å². The van der Waals surface area contributed by atoms with Crippen molar-refractivity contribution in [3.8, 4) is 11.3 Å². The zero-order chi connectivity index (χ0) is 37.3. The van der Waals surface area contributed by atoms with Gasteiger partial charge in [-0.2, -0.15) is 0 Å². The number of carbonyl (C=O) groups is 2. The lowest BCUT2D eigenvalue weighted by atomic mass is 10.0. The number of likely N-dealkylation sites (tertiary alicyclic amines) is 1.